The molecule has 20 heavy (non-hydrogen) atoms. The topological polar surface area (TPSA) is 74.6 Å². The highest BCUT2D eigenvalue weighted by molar-refractivity contribution is 6.01. The van der Waals surface area contributed by atoms with Crippen molar-refractivity contribution in [2.45, 2.75) is 6.42 Å². The van der Waals surface area contributed by atoms with E-state index in [-0.39, 0.29) is 6.42 Å². The molecule has 0 unspecified atom stereocenters. The second-order valence-electron chi connectivity index (χ2n) is 4.57. The van der Waals surface area contributed by atoms with Gasteiger partial charge >= 0.3 is 11.9 Å². The summed E-state index contributed by atoms with van der Waals surface area (Å²) in [6.45, 7) is 0. The van der Waals surface area contributed by atoms with Crippen molar-refractivity contribution in [2.75, 3.05) is 0 Å². The van der Waals surface area contributed by atoms with Gasteiger partial charge in [0.05, 0.1) is 0 Å². The van der Waals surface area contributed by atoms with Crippen LogP contribution in [0.25, 0.3) is 6.08 Å². The van der Waals surface area contributed by atoms with Crippen LogP contribution in [0.5, 0.6) is 0 Å². The van der Waals surface area contributed by atoms with Gasteiger partial charge in [0.2, 0.25) is 0 Å². The highest BCUT2D eigenvalue weighted by atomic mass is 16.4. The molecule has 0 spiro atoms. The molecule has 0 fully saturated rings. The van der Waals surface area contributed by atoms with E-state index in [0.717, 1.165) is 11.1 Å². The van der Waals surface area contributed by atoms with Crippen LogP contribution in [0.4, 0.5) is 0 Å². The molecule has 102 valence electrons. The Labute approximate surface area is 116 Å². The average molecular weight is 270 g/mol. The van der Waals surface area contributed by atoms with Gasteiger partial charge in [0.1, 0.15) is 0 Å². The maximum Gasteiger partial charge on any atom is 0.325 e. The van der Waals surface area contributed by atoms with E-state index in [9.17, 15) is 9.59 Å². The molecule has 2 rings (SSSR count). The molecule has 1 aliphatic rings. The first-order chi connectivity index (χ1) is 9.54. The first-order valence-electron chi connectivity index (χ1n) is 6.14. The second-order valence-corrected chi connectivity index (χ2v) is 4.57. The largest absolute Gasteiger partial charge is 0.480 e. The summed E-state index contributed by atoms with van der Waals surface area (Å²) in [7, 11) is 0. The zero-order valence-electron chi connectivity index (χ0n) is 10.7. The number of aliphatic carboxylic acids is 2. The van der Waals surface area contributed by atoms with Crippen molar-refractivity contribution in [1.82, 2.24) is 0 Å². The minimum atomic E-state index is -1.84. The predicted molar refractivity (Wildman–Crippen MR) is 75.0 cm³/mol. The van der Waals surface area contributed by atoms with Gasteiger partial charge in [0, 0.05) is 0 Å². The van der Waals surface area contributed by atoms with Crippen LogP contribution in [-0.2, 0) is 9.59 Å². The van der Waals surface area contributed by atoms with Crippen LogP contribution in [0.3, 0.4) is 0 Å². The number of benzene rings is 1. The Morgan fingerprint density at radius 3 is 2.20 bits per heavy atom. The molecule has 2 N–H and O–H groups in total. The lowest BCUT2D eigenvalue weighted by atomic mass is 9.80. The van der Waals surface area contributed by atoms with E-state index in [2.05, 4.69) is 0 Å². The summed E-state index contributed by atoms with van der Waals surface area (Å²) in [6.07, 6.45) is 8.07. The molecule has 1 aliphatic carbocycles. The zero-order valence-corrected chi connectivity index (χ0v) is 10.7. The molecule has 0 amide bonds. The van der Waals surface area contributed by atoms with E-state index in [1.807, 2.05) is 42.5 Å². The summed E-state index contributed by atoms with van der Waals surface area (Å²) in [5.41, 5.74) is -0.0218. The van der Waals surface area contributed by atoms with Crippen molar-refractivity contribution in [3.05, 3.63) is 65.8 Å². The third kappa shape index (κ3) is 2.69. The van der Waals surface area contributed by atoms with Crippen molar-refractivity contribution in [1.29, 1.82) is 0 Å². The zero-order chi connectivity index (χ0) is 14.6. The van der Waals surface area contributed by atoms with Crippen LogP contribution < -0.4 is 0 Å². The SMILES string of the molecule is O=C(O)C1(C(=O)O)C=CC(C=Cc2ccccc2)=CC1. The normalized spacial score (nSPS) is 16.9. The van der Waals surface area contributed by atoms with E-state index in [1.165, 1.54) is 12.2 Å². The lowest BCUT2D eigenvalue weighted by molar-refractivity contribution is -0.160. The summed E-state index contributed by atoms with van der Waals surface area (Å²) in [4.78, 5) is 22.2. The molecule has 0 aromatic heterocycles. The van der Waals surface area contributed by atoms with Gasteiger partial charge in [-0.2, -0.15) is 0 Å². The van der Waals surface area contributed by atoms with Crippen molar-refractivity contribution in [3.63, 3.8) is 0 Å². The molecule has 0 bridgehead atoms. The van der Waals surface area contributed by atoms with Gasteiger partial charge in [-0.15, -0.1) is 0 Å². The van der Waals surface area contributed by atoms with Gasteiger partial charge in [-0.1, -0.05) is 60.7 Å². The smallest absolute Gasteiger partial charge is 0.325 e. The Morgan fingerprint density at radius 1 is 1.05 bits per heavy atom. The molecule has 4 nitrogen and oxygen atoms in total. The average Bonchev–Trinajstić information content (AvgIpc) is 2.46. The summed E-state index contributed by atoms with van der Waals surface area (Å²) in [6, 6.07) is 9.66. The Kier molecular flexibility index (Phi) is 3.84. The number of hydrogen-bond acceptors (Lipinski definition) is 2. The number of rotatable bonds is 4. The highest BCUT2D eigenvalue weighted by Gasteiger charge is 2.44. The number of carbonyl (C=O) groups is 2. The molecule has 0 saturated carbocycles. The third-order valence-corrected chi connectivity index (χ3v) is 3.25. The van der Waals surface area contributed by atoms with E-state index in [4.69, 9.17) is 10.2 Å². The van der Waals surface area contributed by atoms with Gasteiger partial charge in [-0.05, 0) is 17.6 Å². The lowest BCUT2D eigenvalue weighted by Gasteiger charge is -2.22. The standard InChI is InChI=1S/C16H14O4/c17-14(18)16(15(19)20)10-8-13(9-11-16)7-6-12-4-2-1-3-5-12/h1-10H,11H2,(H,17,18)(H,19,20). The maximum atomic E-state index is 11.1. The van der Waals surface area contributed by atoms with Gasteiger partial charge in [-0.3, -0.25) is 9.59 Å². The molecular formula is C16H14O4. The first-order valence-corrected chi connectivity index (χ1v) is 6.14. The lowest BCUT2D eigenvalue weighted by Crippen LogP contribution is -2.38. The number of carboxylic acid groups (broad SMARTS) is 2. The van der Waals surface area contributed by atoms with Crippen LogP contribution in [0.2, 0.25) is 0 Å². The van der Waals surface area contributed by atoms with E-state index in [0.29, 0.717) is 0 Å². The molecule has 0 aliphatic heterocycles. The summed E-state index contributed by atoms with van der Waals surface area (Å²) in [5, 5.41) is 18.1. The quantitative estimate of drug-likeness (QED) is 0.825. The van der Waals surface area contributed by atoms with Crippen molar-refractivity contribution in [2.24, 2.45) is 5.41 Å². The van der Waals surface area contributed by atoms with Crippen LogP contribution in [0, 0.1) is 5.41 Å². The van der Waals surface area contributed by atoms with Gasteiger partial charge < -0.3 is 10.2 Å². The fourth-order valence-corrected chi connectivity index (χ4v) is 1.94. The predicted octanol–water partition coefficient (Wildman–Crippen LogP) is 2.74. The Bertz CT molecular complexity index is 595. The Balaban J connectivity index is 2.15. The monoisotopic (exact) mass is 270 g/mol. The molecule has 0 radical (unpaired) electrons. The van der Waals surface area contributed by atoms with E-state index in [1.54, 1.807) is 6.08 Å². The van der Waals surface area contributed by atoms with Crippen LogP contribution in [0.15, 0.2) is 60.2 Å². The Morgan fingerprint density at radius 2 is 1.70 bits per heavy atom. The van der Waals surface area contributed by atoms with Crippen LogP contribution in [0.1, 0.15) is 12.0 Å². The fraction of sp³-hybridized carbons (Fsp3) is 0.125. The fourth-order valence-electron chi connectivity index (χ4n) is 1.94. The van der Waals surface area contributed by atoms with E-state index < -0.39 is 17.4 Å². The molecular weight excluding hydrogens is 256 g/mol. The molecule has 0 heterocycles. The highest BCUT2D eigenvalue weighted by Crippen LogP contribution is 2.31. The minimum absolute atomic E-state index is 0.0529. The summed E-state index contributed by atoms with van der Waals surface area (Å²) >= 11 is 0. The van der Waals surface area contributed by atoms with Gasteiger partial charge in [0.15, 0.2) is 5.41 Å². The van der Waals surface area contributed by atoms with Crippen molar-refractivity contribution < 1.29 is 19.8 Å². The van der Waals surface area contributed by atoms with Crippen LogP contribution in [-0.4, -0.2) is 22.2 Å². The molecule has 1 aromatic rings. The second kappa shape index (κ2) is 5.57. The molecule has 1 aromatic carbocycles. The van der Waals surface area contributed by atoms with Crippen molar-refractivity contribution >= 4 is 18.0 Å². The first kappa shape index (κ1) is 13.8. The summed E-state index contributed by atoms with van der Waals surface area (Å²) < 4.78 is 0. The third-order valence-electron chi connectivity index (χ3n) is 3.25. The molecule has 0 saturated heterocycles. The maximum absolute atomic E-state index is 11.1. The van der Waals surface area contributed by atoms with Crippen molar-refractivity contribution in [3.8, 4) is 0 Å². The number of allylic oxidation sites excluding steroid dienone is 4. The van der Waals surface area contributed by atoms with E-state index >= 15 is 0 Å². The Hall–Kier alpha value is -2.62. The van der Waals surface area contributed by atoms with Gasteiger partial charge in [-0.25, -0.2) is 0 Å². The minimum Gasteiger partial charge on any atom is -0.480 e. The number of carboxylic acids is 2. The molecule has 0 atom stereocenters. The summed E-state index contributed by atoms with van der Waals surface area (Å²) in [5.74, 6) is -2.69. The van der Waals surface area contributed by atoms with Gasteiger partial charge in [0.25, 0.3) is 0 Å². The molecule has 4 heteroatoms. The number of hydrogen-bond donors (Lipinski definition) is 2. The van der Waals surface area contributed by atoms with Crippen LogP contribution >= 0.6 is 0 Å².